The summed E-state index contributed by atoms with van der Waals surface area (Å²) >= 11 is 5.02. The fourth-order valence-electron chi connectivity index (χ4n) is 1.54. The van der Waals surface area contributed by atoms with Crippen LogP contribution in [0.2, 0.25) is 0 Å². The summed E-state index contributed by atoms with van der Waals surface area (Å²) < 4.78 is 1.87. The first kappa shape index (κ1) is 9.93. The first-order valence-corrected chi connectivity index (χ1v) is 6.10. The maximum atomic E-state index is 11.6. The van der Waals surface area contributed by atoms with Gasteiger partial charge in [0, 0.05) is 0 Å². The van der Waals surface area contributed by atoms with Crippen LogP contribution >= 0.6 is 27.3 Å². The third-order valence-electron chi connectivity index (χ3n) is 2.31. The minimum atomic E-state index is -0.0316. The van der Waals surface area contributed by atoms with Crippen molar-refractivity contribution in [2.75, 3.05) is 0 Å². The Labute approximate surface area is 94.1 Å². The largest absolute Gasteiger partial charge is 0.320 e. The number of pyridine rings is 1. The SMILES string of the molecule is CCc1c(Br)c(=O)[nH]c2c(C)csc12. The van der Waals surface area contributed by atoms with Gasteiger partial charge in [0.2, 0.25) is 0 Å². The van der Waals surface area contributed by atoms with E-state index in [0.29, 0.717) is 4.47 Å². The molecule has 0 amide bonds. The van der Waals surface area contributed by atoms with Crippen molar-refractivity contribution in [3.05, 3.63) is 31.3 Å². The maximum absolute atomic E-state index is 11.6. The Morgan fingerprint density at radius 2 is 2.29 bits per heavy atom. The molecular formula is C10H10BrNOS. The van der Waals surface area contributed by atoms with Crippen LogP contribution in [0.1, 0.15) is 18.1 Å². The van der Waals surface area contributed by atoms with Crippen LogP contribution in [0.5, 0.6) is 0 Å². The molecule has 2 rings (SSSR count). The number of thiophene rings is 1. The molecule has 0 spiro atoms. The number of hydrogen-bond acceptors (Lipinski definition) is 2. The molecule has 0 fully saturated rings. The molecule has 4 heteroatoms. The second-order valence-corrected chi connectivity index (χ2v) is 4.90. The lowest BCUT2D eigenvalue weighted by Gasteiger charge is -2.02. The minimum absolute atomic E-state index is 0.0316. The van der Waals surface area contributed by atoms with Gasteiger partial charge in [0.05, 0.1) is 14.7 Å². The highest BCUT2D eigenvalue weighted by atomic mass is 79.9. The third kappa shape index (κ3) is 1.33. The smallest absolute Gasteiger partial charge is 0.263 e. The standard InChI is InChI=1S/C10H10BrNOS/c1-3-6-7(11)10(13)12-8-5(2)4-14-9(6)8/h4H,3H2,1-2H3,(H,12,13). The Bertz CT molecular complexity index is 541. The normalized spacial score (nSPS) is 11.1. The Balaban J connectivity index is 2.98. The summed E-state index contributed by atoms with van der Waals surface area (Å²) in [5.74, 6) is 0. The second kappa shape index (κ2) is 3.51. The van der Waals surface area contributed by atoms with Gasteiger partial charge in [-0.1, -0.05) is 6.92 Å². The number of aromatic nitrogens is 1. The van der Waals surface area contributed by atoms with Crippen molar-refractivity contribution in [1.82, 2.24) is 4.98 Å². The van der Waals surface area contributed by atoms with Gasteiger partial charge in [-0.2, -0.15) is 0 Å². The number of hydrogen-bond donors (Lipinski definition) is 1. The van der Waals surface area contributed by atoms with Gasteiger partial charge in [-0.05, 0) is 45.8 Å². The van der Waals surface area contributed by atoms with Crippen molar-refractivity contribution in [2.45, 2.75) is 20.3 Å². The molecular weight excluding hydrogens is 262 g/mol. The molecule has 1 N–H and O–H groups in total. The molecule has 0 aliphatic heterocycles. The van der Waals surface area contributed by atoms with Gasteiger partial charge >= 0.3 is 0 Å². The van der Waals surface area contributed by atoms with Gasteiger partial charge in [0.15, 0.2) is 0 Å². The van der Waals surface area contributed by atoms with E-state index in [0.717, 1.165) is 23.1 Å². The van der Waals surface area contributed by atoms with Crippen LogP contribution in [0.15, 0.2) is 14.6 Å². The number of aromatic amines is 1. The highest BCUT2D eigenvalue weighted by Gasteiger charge is 2.11. The van der Waals surface area contributed by atoms with Gasteiger partial charge in [-0.25, -0.2) is 0 Å². The van der Waals surface area contributed by atoms with Gasteiger partial charge in [-0.15, -0.1) is 11.3 Å². The summed E-state index contributed by atoms with van der Waals surface area (Å²) in [7, 11) is 0. The average Bonchev–Trinajstić information content (AvgIpc) is 2.51. The average molecular weight is 272 g/mol. The Morgan fingerprint density at radius 3 is 2.93 bits per heavy atom. The van der Waals surface area contributed by atoms with Crippen molar-refractivity contribution < 1.29 is 0 Å². The van der Waals surface area contributed by atoms with E-state index in [1.807, 2.05) is 6.92 Å². The topological polar surface area (TPSA) is 32.9 Å². The van der Waals surface area contributed by atoms with E-state index in [1.165, 1.54) is 4.70 Å². The lowest BCUT2D eigenvalue weighted by Crippen LogP contribution is -2.09. The summed E-state index contributed by atoms with van der Waals surface area (Å²) in [5, 5.41) is 2.08. The van der Waals surface area contributed by atoms with E-state index in [-0.39, 0.29) is 5.56 Å². The van der Waals surface area contributed by atoms with E-state index in [4.69, 9.17) is 0 Å². The number of nitrogens with one attached hydrogen (secondary N) is 1. The highest BCUT2D eigenvalue weighted by Crippen LogP contribution is 2.29. The molecule has 0 radical (unpaired) electrons. The molecule has 14 heavy (non-hydrogen) atoms. The molecule has 0 atom stereocenters. The van der Waals surface area contributed by atoms with Crippen LogP contribution in [0, 0.1) is 6.92 Å². The van der Waals surface area contributed by atoms with Gasteiger partial charge in [0.25, 0.3) is 5.56 Å². The monoisotopic (exact) mass is 271 g/mol. The summed E-state index contributed by atoms with van der Waals surface area (Å²) in [6.45, 7) is 4.08. The zero-order valence-corrected chi connectivity index (χ0v) is 10.4. The summed E-state index contributed by atoms with van der Waals surface area (Å²) in [6, 6.07) is 0. The number of fused-ring (bicyclic) bond motifs is 1. The number of halogens is 1. The van der Waals surface area contributed by atoms with Crippen molar-refractivity contribution in [3.63, 3.8) is 0 Å². The maximum Gasteiger partial charge on any atom is 0.263 e. The van der Waals surface area contributed by atoms with Gasteiger partial charge < -0.3 is 4.98 Å². The zero-order chi connectivity index (χ0) is 10.3. The van der Waals surface area contributed by atoms with E-state index in [1.54, 1.807) is 11.3 Å². The molecule has 0 unspecified atom stereocenters. The van der Waals surface area contributed by atoms with Crippen LogP contribution in [-0.2, 0) is 6.42 Å². The van der Waals surface area contributed by atoms with Crippen molar-refractivity contribution in [1.29, 1.82) is 0 Å². The first-order chi connectivity index (χ1) is 6.65. The predicted octanol–water partition coefficient (Wildman–Crippen LogP) is 3.22. The van der Waals surface area contributed by atoms with Crippen LogP contribution in [0.3, 0.4) is 0 Å². The van der Waals surface area contributed by atoms with Crippen molar-refractivity contribution >= 4 is 37.5 Å². The van der Waals surface area contributed by atoms with Crippen LogP contribution in [0.25, 0.3) is 10.2 Å². The first-order valence-electron chi connectivity index (χ1n) is 4.43. The molecule has 2 aromatic rings. The molecule has 0 saturated carbocycles. The van der Waals surface area contributed by atoms with E-state index in [2.05, 4.69) is 33.2 Å². The quantitative estimate of drug-likeness (QED) is 0.849. The molecule has 2 aromatic heterocycles. The summed E-state index contributed by atoms with van der Waals surface area (Å²) in [5.41, 5.74) is 3.21. The lowest BCUT2D eigenvalue weighted by atomic mass is 10.2. The summed E-state index contributed by atoms with van der Waals surface area (Å²) in [6.07, 6.45) is 0.876. The van der Waals surface area contributed by atoms with Crippen LogP contribution < -0.4 is 5.56 Å². The Kier molecular flexibility index (Phi) is 2.49. The molecule has 0 aromatic carbocycles. The Hall–Kier alpha value is -0.610. The third-order valence-corrected chi connectivity index (χ3v) is 4.30. The molecule has 74 valence electrons. The summed E-state index contributed by atoms with van der Waals surface area (Å²) in [4.78, 5) is 14.5. The number of H-pyrrole nitrogens is 1. The molecule has 0 saturated heterocycles. The van der Waals surface area contributed by atoms with E-state index >= 15 is 0 Å². The molecule has 0 bridgehead atoms. The van der Waals surface area contributed by atoms with Crippen LogP contribution in [-0.4, -0.2) is 4.98 Å². The van der Waals surface area contributed by atoms with Gasteiger partial charge in [0.1, 0.15) is 0 Å². The van der Waals surface area contributed by atoms with E-state index in [9.17, 15) is 4.79 Å². The fourth-order valence-corrected chi connectivity index (χ4v) is 3.38. The molecule has 2 heterocycles. The number of aryl methyl sites for hydroxylation is 2. The van der Waals surface area contributed by atoms with E-state index < -0.39 is 0 Å². The minimum Gasteiger partial charge on any atom is -0.320 e. The molecule has 0 aliphatic carbocycles. The van der Waals surface area contributed by atoms with Crippen molar-refractivity contribution in [3.8, 4) is 0 Å². The Morgan fingerprint density at radius 1 is 1.57 bits per heavy atom. The molecule has 2 nitrogen and oxygen atoms in total. The van der Waals surface area contributed by atoms with Crippen LogP contribution in [0.4, 0.5) is 0 Å². The zero-order valence-electron chi connectivity index (χ0n) is 7.98. The lowest BCUT2D eigenvalue weighted by molar-refractivity contribution is 1.12. The predicted molar refractivity (Wildman–Crippen MR) is 64.3 cm³/mol. The van der Waals surface area contributed by atoms with Gasteiger partial charge in [-0.3, -0.25) is 4.79 Å². The second-order valence-electron chi connectivity index (χ2n) is 3.22. The fraction of sp³-hybridized carbons (Fsp3) is 0.300. The number of rotatable bonds is 1. The highest BCUT2D eigenvalue weighted by molar-refractivity contribution is 9.10. The molecule has 0 aliphatic rings. The van der Waals surface area contributed by atoms with Crippen molar-refractivity contribution in [2.24, 2.45) is 0 Å².